The number of halogens is 1. The van der Waals surface area contributed by atoms with E-state index in [1.54, 1.807) is 17.9 Å². The van der Waals surface area contributed by atoms with Crippen molar-refractivity contribution in [1.29, 1.82) is 0 Å². The molecule has 0 spiro atoms. The van der Waals surface area contributed by atoms with Crippen LogP contribution in [-0.4, -0.2) is 15.6 Å². The Kier molecular flexibility index (Phi) is 3.86. The van der Waals surface area contributed by atoms with E-state index >= 15 is 0 Å². The van der Waals surface area contributed by atoms with Crippen LogP contribution in [0.25, 0.3) is 0 Å². The van der Waals surface area contributed by atoms with Crippen LogP contribution in [0.4, 0.5) is 0 Å². The molecule has 0 N–H and O–H groups in total. The fourth-order valence-corrected chi connectivity index (χ4v) is 2.03. The van der Waals surface area contributed by atoms with E-state index in [2.05, 4.69) is 28.0 Å². The van der Waals surface area contributed by atoms with Crippen molar-refractivity contribution >= 4 is 21.7 Å². The zero-order valence-electron chi connectivity index (χ0n) is 8.75. The Labute approximate surface area is 92.6 Å². The monoisotopic (exact) mass is 258 g/mol. The lowest BCUT2D eigenvalue weighted by atomic mass is 9.99. The van der Waals surface area contributed by atoms with Crippen molar-refractivity contribution in [1.82, 2.24) is 9.78 Å². The van der Waals surface area contributed by atoms with Crippen molar-refractivity contribution in [2.75, 3.05) is 0 Å². The van der Waals surface area contributed by atoms with E-state index in [-0.39, 0.29) is 11.7 Å². The first kappa shape index (κ1) is 11.4. The number of hydrogen-bond donors (Lipinski definition) is 0. The fraction of sp³-hybridized carbons (Fsp3) is 0.600. The van der Waals surface area contributed by atoms with Crippen LogP contribution in [0.15, 0.2) is 10.7 Å². The quantitative estimate of drug-likeness (QED) is 0.779. The smallest absolute Gasteiger partial charge is 0.184 e. The van der Waals surface area contributed by atoms with Crippen molar-refractivity contribution in [2.45, 2.75) is 26.7 Å². The summed E-state index contributed by atoms with van der Waals surface area (Å²) in [5.41, 5.74) is 0.672. The van der Waals surface area contributed by atoms with Gasteiger partial charge < -0.3 is 0 Å². The number of nitrogens with zero attached hydrogens (tertiary/aromatic N) is 2. The molecule has 0 amide bonds. The van der Waals surface area contributed by atoms with Gasteiger partial charge in [-0.25, -0.2) is 0 Å². The SMILES string of the molecule is CCCC(C)C(=O)c1c(Br)cnn1C. The highest BCUT2D eigenvalue weighted by Crippen LogP contribution is 2.20. The van der Waals surface area contributed by atoms with E-state index in [0.29, 0.717) is 5.69 Å². The average Bonchev–Trinajstić information content (AvgIpc) is 2.46. The zero-order valence-corrected chi connectivity index (χ0v) is 10.3. The predicted molar refractivity (Wildman–Crippen MR) is 59.3 cm³/mol. The van der Waals surface area contributed by atoms with Gasteiger partial charge in [0.1, 0.15) is 5.69 Å². The number of ketones is 1. The highest BCUT2D eigenvalue weighted by atomic mass is 79.9. The lowest BCUT2D eigenvalue weighted by Crippen LogP contribution is -2.15. The zero-order chi connectivity index (χ0) is 10.7. The molecule has 0 aliphatic carbocycles. The van der Waals surface area contributed by atoms with Gasteiger partial charge in [0.05, 0.1) is 10.7 Å². The second kappa shape index (κ2) is 4.73. The van der Waals surface area contributed by atoms with Crippen LogP contribution in [-0.2, 0) is 7.05 Å². The molecular formula is C10H15BrN2O. The first-order chi connectivity index (χ1) is 6.57. The summed E-state index contributed by atoms with van der Waals surface area (Å²) in [5.74, 6) is 0.241. The molecule has 1 aromatic heterocycles. The first-order valence-electron chi connectivity index (χ1n) is 4.79. The lowest BCUT2D eigenvalue weighted by molar-refractivity contribution is 0.0913. The van der Waals surface area contributed by atoms with Gasteiger partial charge in [0.25, 0.3) is 0 Å². The van der Waals surface area contributed by atoms with Gasteiger partial charge in [0, 0.05) is 13.0 Å². The van der Waals surface area contributed by atoms with Gasteiger partial charge >= 0.3 is 0 Å². The highest BCUT2D eigenvalue weighted by Gasteiger charge is 2.20. The standard InChI is InChI=1S/C10H15BrN2O/c1-4-5-7(2)10(14)9-8(11)6-12-13(9)3/h6-7H,4-5H2,1-3H3. The van der Waals surface area contributed by atoms with Crippen LogP contribution in [0.1, 0.15) is 37.2 Å². The van der Waals surface area contributed by atoms with Crippen molar-refractivity contribution < 1.29 is 4.79 Å². The maximum Gasteiger partial charge on any atom is 0.184 e. The minimum absolute atomic E-state index is 0.0756. The molecule has 1 aromatic rings. The molecule has 3 nitrogen and oxygen atoms in total. The third-order valence-electron chi connectivity index (χ3n) is 2.30. The summed E-state index contributed by atoms with van der Waals surface area (Å²) in [4.78, 5) is 11.9. The molecule has 1 unspecified atom stereocenters. The van der Waals surface area contributed by atoms with E-state index < -0.39 is 0 Å². The van der Waals surface area contributed by atoms with Crippen LogP contribution >= 0.6 is 15.9 Å². The second-order valence-corrected chi connectivity index (χ2v) is 4.37. The number of rotatable bonds is 4. The topological polar surface area (TPSA) is 34.9 Å². The minimum Gasteiger partial charge on any atom is -0.292 e. The molecule has 14 heavy (non-hydrogen) atoms. The molecule has 0 aliphatic heterocycles. The largest absolute Gasteiger partial charge is 0.292 e. The summed E-state index contributed by atoms with van der Waals surface area (Å²) in [6.45, 7) is 4.05. The van der Waals surface area contributed by atoms with Gasteiger partial charge in [-0.1, -0.05) is 20.3 Å². The van der Waals surface area contributed by atoms with Crippen LogP contribution in [0.5, 0.6) is 0 Å². The van der Waals surface area contributed by atoms with E-state index in [1.165, 1.54) is 0 Å². The summed E-state index contributed by atoms with van der Waals surface area (Å²) >= 11 is 3.33. The Morgan fingerprint density at radius 3 is 2.79 bits per heavy atom. The van der Waals surface area contributed by atoms with Gasteiger partial charge in [-0.05, 0) is 22.4 Å². The Balaban J connectivity index is 2.88. The number of carbonyl (C=O) groups excluding carboxylic acids is 1. The number of hydrogen-bond acceptors (Lipinski definition) is 2. The highest BCUT2D eigenvalue weighted by molar-refractivity contribution is 9.10. The van der Waals surface area contributed by atoms with Crippen molar-refractivity contribution in [3.8, 4) is 0 Å². The van der Waals surface area contributed by atoms with E-state index in [0.717, 1.165) is 17.3 Å². The predicted octanol–water partition coefficient (Wildman–Crippen LogP) is 2.80. The van der Waals surface area contributed by atoms with Gasteiger partial charge in [-0.3, -0.25) is 9.48 Å². The summed E-state index contributed by atoms with van der Waals surface area (Å²) in [6.07, 6.45) is 3.62. The number of carbonyl (C=O) groups is 1. The van der Waals surface area contributed by atoms with Crippen molar-refractivity contribution in [3.63, 3.8) is 0 Å². The second-order valence-electron chi connectivity index (χ2n) is 3.52. The van der Waals surface area contributed by atoms with Crippen LogP contribution in [0.3, 0.4) is 0 Å². The summed E-state index contributed by atoms with van der Waals surface area (Å²) < 4.78 is 2.41. The van der Waals surface area contributed by atoms with Crippen LogP contribution < -0.4 is 0 Å². The fourth-order valence-electron chi connectivity index (χ4n) is 1.49. The van der Waals surface area contributed by atoms with Crippen molar-refractivity contribution in [2.24, 2.45) is 13.0 Å². The third kappa shape index (κ3) is 2.23. The molecule has 1 heterocycles. The molecule has 1 rings (SSSR count). The summed E-state index contributed by atoms with van der Waals surface area (Å²) in [7, 11) is 1.79. The molecule has 0 fully saturated rings. The molecule has 4 heteroatoms. The normalized spacial score (nSPS) is 12.9. The van der Waals surface area contributed by atoms with E-state index in [1.807, 2.05) is 6.92 Å². The Hall–Kier alpha value is -0.640. The third-order valence-corrected chi connectivity index (χ3v) is 2.88. The van der Waals surface area contributed by atoms with Crippen LogP contribution in [0, 0.1) is 5.92 Å². The summed E-state index contributed by atoms with van der Waals surface area (Å²) in [5, 5.41) is 4.03. The van der Waals surface area contributed by atoms with Crippen LogP contribution in [0.2, 0.25) is 0 Å². The molecule has 1 atom stereocenters. The Bertz CT molecular complexity index is 313. The van der Waals surface area contributed by atoms with Gasteiger partial charge in [-0.15, -0.1) is 0 Å². The van der Waals surface area contributed by atoms with Crippen molar-refractivity contribution in [3.05, 3.63) is 16.4 Å². The first-order valence-corrected chi connectivity index (χ1v) is 5.59. The number of Topliss-reactive ketones (excluding diaryl/α,β-unsaturated/α-hetero) is 1. The Morgan fingerprint density at radius 1 is 1.71 bits per heavy atom. The molecule has 0 aromatic carbocycles. The number of aromatic nitrogens is 2. The maximum atomic E-state index is 11.9. The molecule has 78 valence electrons. The Morgan fingerprint density at radius 2 is 2.36 bits per heavy atom. The van der Waals surface area contributed by atoms with Gasteiger partial charge in [0.15, 0.2) is 5.78 Å². The van der Waals surface area contributed by atoms with E-state index in [4.69, 9.17) is 0 Å². The molecule has 0 saturated heterocycles. The average molecular weight is 259 g/mol. The van der Waals surface area contributed by atoms with E-state index in [9.17, 15) is 4.79 Å². The molecule has 0 aliphatic rings. The maximum absolute atomic E-state index is 11.9. The van der Waals surface area contributed by atoms with Gasteiger partial charge in [0.2, 0.25) is 0 Å². The molecule has 0 bridgehead atoms. The van der Waals surface area contributed by atoms with Gasteiger partial charge in [-0.2, -0.15) is 5.10 Å². The molecule has 0 radical (unpaired) electrons. The number of aryl methyl sites for hydroxylation is 1. The minimum atomic E-state index is 0.0756. The lowest BCUT2D eigenvalue weighted by Gasteiger charge is -2.09. The summed E-state index contributed by atoms with van der Waals surface area (Å²) in [6, 6.07) is 0. The molecular weight excluding hydrogens is 244 g/mol. The molecule has 0 saturated carbocycles.